The molecule has 19 heavy (non-hydrogen) atoms. The van der Waals surface area contributed by atoms with Crippen LogP contribution in [0.2, 0.25) is 0 Å². The van der Waals surface area contributed by atoms with E-state index < -0.39 is 23.9 Å². The van der Waals surface area contributed by atoms with E-state index in [9.17, 15) is 14.4 Å². The summed E-state index contributed by atoms with van der Waals surface area (Å²) in [5, 5.41) is 19.8. The third-order valence-electron chi connectivity index (χ3n) is 2.15. The Morgan fingerprint density at radius 1 is 1.16 bits per heavy atom. The maximum atomic E-state index is 11.8. The number of nitrogens with one attached hydrogen (secondary N) is 1. The summed E-state index contributed by atoms with van der Waals surface area (Å²) in [6.07, 6.45) is 0. The fourth-order valence-electron chi connectivity index (χ4n) is 1.27. The van der Waals surface area contributed by atoms with E-state index in [1.54, 1.807) is 30.3 Å². The molecule has 0 radical (unpaired) electrons. The Bertz CT molecular complexity index is 462. The lowest BCUT2D eigenvalue weighted by molar-refractivity contribution is -0.138. The maximum absolute atomic E-state index is 11.8. The predicted octanol–water partition coefficient (Wildman–Crippen LogP) is 0.687. The van der Waals surface area contributed by atoms with Crippen LogP contribution in [0.4, 0.5) is 0 Å². The summed E-state index contributed by atoms with van der Waals surface area (Å²) in [7, 11) is 0. The highest BCUT2D eigenvalue weighted by Gasteiger charge is 2.20. The first-order valence-corrected chi connectivity index (χ1v) is 6.54. The Labute approximate surface area is 113 Å². The molecule has 0 heterocycles. The van der Waals surface area contributed by atoms with Crippen LogP contribution in [0.15, 0.2) is 30.3 Å². The molecule has 0 aliphatic carbocycles. The van der Waals surface area contributed by atoms with Gasteiger partial charge >= 0.3 is 11.9 Å². The number of hydrogen-bond donors (Lipinski definition) is 3. The number of aliphatic carboxylic acids is 2. The number of carboxylic acid groups (broad SMARTS) is 2. The first-order valence-electron chi connectivity index (χ1n) is 5.39. The SMILES string of the molecule is O=C(O)CSC[C@@H](NC(=O)c1ccccc1)C(=O)O. The zero-order valence-electron chi connectivity index (χ0n) is 9.91. The highest BCUT2D eigenvalue weighted by molar-refractivity contribution is 8.00. The molecule has 1 aromatic carbocycles. The summed E-state index contributed by atoms with van der Waals surface area (Å²) in [5.41, 5.74) is 0.358. The zero-order valence-corrected chi connectivity index (χ0v) is 10.7. The first-order chi connectivity index (χ1) is 9.00. The van der Waals surface area contributed by atoms with E-state index in [4.69, 9.17) is 10.2 Å². The largest absolute Gasteiger partial charge is 0.481 e. The van der Waals surface area contributed by atoms with E-state index in [1.165, 1.54) is 0 Å². The molecule has 0 spiro atoms. The Balaban J connectivity index is 2.56. The van der Waals surface area contributed by atoms with Crippen LogP contribution >= 0.6 is 11.8 Å². The van der Waals surface area contributed by atoms with E-state index in [0.717, 1.165) is 11.8 Å². The number of rotatable bonds is 7. The average molecular weight is 283 g/mol. The highest BCUT2D eigenvalue weighted by Crippen LogP contribution is 2.05. The van der Waals surface area contributed by atoms with Crippen molar-refractivity contribution in [2.75, 3.05) is 11.5 Å². The van der Waals surface area contributed by atoms with Gasteiger partial charge in [0.2, 0.25) is 0 Å². The molecule has 0 aromatic heterocycles. The molecule has 1 atom stereocenters. The van der Waals surface area contributed by atoms with Crippen LogP contribution in [-0.2, 0) is 9.59 Å². The molecule has 1 rings (SSSR count). The topological polar surface area (TPSA) is 104 Å². The molecule has 102 valence electrons. The standard InChI is InChI=1S/C12H13NO5S/c14-10(15)7-19-6-9(12(17)18)13-11(16)8-4-2-1-3-5-8/h1-5,9H,6-7H2,(H,13,16)(H,14,15)(H,17,18)/t9-/m1/s1. The van der Waals surface area contributed by atoms with Crippen molar-refractivity contribution in [2.24, 2.45) is 0 Å². The van der Waals surface area contributed by atoms with Crippen molar-refractivity contribution in [3.05, 3.63) is 35.9 Å². The van der Waals surface area contributed by atoms with Gasteiger partial charge in [-0.2, -0.15) is 0 Å². The van der Waals surface area contributed by atoms with Crippen LogP contribution in [0.25, 0.3) is 0 Å². The minimum Gasteiger partial charge on any atom is -0.481 e. The van der Waals surface area contributed by atoms with Gasteiger partial charge in [-0.3, -0.25) is 9.59 Å². The molecule has 0 aliphatic rings. The lowest BCUT2D eigenvalue weighted by Crippen LogP contribution is -2.42. The van der Waals surface area contributed by atoms with Gasteiger partial charge in [0.1, 0.15) is 6.04 Å². The van der Waals surface area contributed by atoms with E-state index in [2.05, 4.69) is 5.32 Å². The number of carbonyl (C=O) groups excluding carboxylic acids is 1. The number of amides is 1. The molecule has 0 aliphatic heterocycles. The molecule has 0 saturated heterocycles. The van der Waals surface area contributed by atoms with Crippen molar-refractivity contribution in [1.29, 1.82) is 0 Å². The van der Waals surface area contributed by atoms with Gasteiger partial charge in [-0.1, -0.05) is 18.2 Å². The predicted molar refractivity (Wildman–Crippen MR) is 70.3 cm³/mol. The van der Waals surface area contributed by atoms with Crippen LogP contribution in [0.5, 0.6) is 0 Å². The van der Waals surface area contributed by atoms with Gasteiger partial charge in [0.25, 0.3) is 5.91 Å². The van der Waals surface area contributed by atoms with Gasteiger partial charge in [0.05, 0.1) is 5.75 Å². The molecular weight excluding hydrogens is 270 g/mol. The number of hydrogen-bond acceptors (Lipinski definition) is 4. The van der Waals surface area contributed by atoms with Crippen LogP contribution < -0.4 is 5.32 Å². The second-order valence-electron chi connectivity index (χ2n) is 3.64. The maximum Gasteiger partial charge on any atom is 0.327 e. The monoisotopic (exact) mass is 283 g/mol. The van der Waals surface area contributed by atoms with Crippen molar-refractivity contribution in [3.8, 4) is 0 Å². The van der Waals surface area contributed by atoms with Crippen molar-refractivity contribution in [1.82, 2.24) is 5.32 Å². The minimum absolute atomic E-state index is 0.000205. The Morgan fingerprint density at radius 3 is 2.32 bits per heavy atom. The Kier molecular flexibility index (Phi) is 5.87. The van der Waals surface area contributed by atoms with Crippen LogP contribution in [0.3, 0.4) is 0 Å². The normalized spacial score (nSPS) is 11.6. The second kappa shape index (κ2) is 7.42. The molecule has 1 amide bonds. The van der Waals surface area contributed by atoms with Crippen molar-refractivity contribution in [3.63, 3.8) is 0 Å². The van der Waals surface area contributed by atoms with Gasteiger partial charge in [0.15, 0.2) is 0 Å². The molecule has 7 heteroatoms. The number of benzene rings is 1. The van der Waals surface area contributed by atoms with Crippen LogP contribution in [0.1, 0.15) is 10.4 Å². The van der Waals surface area contributed by atoms with Crippen molar-refractivity contribution < 1.29 is 24.6 Å². The molecule has 6 nitrogen and oxygen atoms in total. The third-order valence-corrected chi connectivity index (χ3v) is 3.17. The van der Waals surface area contributed by atoms with E-state index in [-0.39, 0.29) is 11.5 Å². The summed E-state index contributed by atoms with van der Waals surface area (Å²) in [5.74, 6) is -2.92. The van der Waals surface area contributed by atoms with Crippen molar-refractivity contribution >= 4 is 29.6 Å². The van der Waals surface area contributed by atoms with Gasteiger partial charge in [-0.25, -0.2) is 4.79 Å². The molecule has 1 aromatic rings. The van der Waals surface area contributed by atoms with Gasteiger partial charge in [-0.05, 0) is 12.1 Å². The smallest absolute Gasteiger partial charge is 0.327 e. The van der Waals surface area contributed by atoms with E-state index >= 15 is 0 Å². The fourth-order valence-corrected chi connectivity index (χ4v) is 2.02. The Morgan fingerprint density at radius 2 is 1.79 bits per heavy atom. The summed E-state index contributed by atoms with van der Waals surface area (Å²) in [6, 6.07) is 7.11. The highest BCUT2D eigenvalue weighted by atomic mass is 32.2. The lowest BCUT2D eigenvalue weighted by atomic mass is 10.2. The van der Waals surface area contributed by atoms with E-state index in [1.807, 2.05) is 0 Å². The fraction of sp³-hybridized carbons (Fsp3) is 0.250. The Hall–Kier alpha value is -2.02. The zero-order chi connectivity index (χ0) is 14.3. The molecule has 0 unspecified atom stereocenters. The van der Waals surface area contributed by atoms with Gasteiger partial charge in [-0.15, -0.1) is 11.8 Å². The van der Waals surface area contributed by atoms with Crippen molar-refractivity contribution in [2.45, 2.75) is 6.04 Å². The minimum atomic E-state index is -1.19. The third kappa shape index (κ3) is 5.43. The van der Waals surface area contributed by atoms with Crippen LogP contribution in [0, 0.1) is 0 Å². The average Bonchev–Trinajstić information content (AvgIpc) is 2.37. The van der Waals surface area contributed by atoms with Gasteiger partial charge < -0.3 is 15.5 Å². The summed E-state index contributed by atoms with van der Waals surface area (Å²) >= 11 is 0.940. The second-order valence-corrected chi connectivity index (χ2v) is 4.67. The quantitative estimate of drug-likeness (QED) is 0.680. The van der Waals surface area contributed by atoms with Crippen LogP contribution in [-0.4, -0.2) is 45.6 Å². The summed E-state index contributed by atoms with van der Waals surface area (Å²) in [4.78, 5) is 33.1. The summed E-state index contributed by atoms with van der Waals surface area (Å²) < 4.78 is 0. The number of thioether (sulfide) groups is 1. The molecule has 3 N–H and O–H groups in total. The molecular formula is C12H13NO5S. The first kappa shape index (κ1) is 15.0. The van der Waals surface area contributed by atoms with E-state index in [0.29, 0.717) is 5.56 Å². The number of carboxylic acids is 2. The van der Waals surface area contributed by atoms with Gasteiger partial charge in [0, 0.05) is 11.3 Å². The lowest BCUT2D eigenvalue weighted by Gasteiger charge is -2.13. The molecule has 0 fully saturated rings. The molecule has 0 saturated carbocycles. The number of carbonyl (C=O) groups is 3. The summed E-state index contributed by atoms with van der Waals surface area (Å²) in [6.45, 7) is 0. The molecule has 0 bridgehead atoms.